The van der Waals surface area contributed by atoms with Crippen molar-refractivity contribution in [3.05, 3.63) is 12.4 Å². The molecule has 0 bridgehead atoms. The van der Waals surface area contributed by atoms with Gasteiger partial charge in [-0.1, -0.05) is 0 Å². The summed E-state index contributed by atoms with van der Waals surface area (Å²) in [5.74, 6) is 0. The highest BCUT2D eigenvalue weighted by atomic mass is 35.5. The number of hydrazine groups is 1. The second kappa shape index (κ2) is 6.37. The summed E-state index contributed by atoms with van der Waals surface area (Å²) < 4.78 is 25.2. The molecule has 0 radical (unpaired) electrons. The summed E-state index contributed by atoms with van der Waals surface area (Å²) in [5.41, 5.74) is 3.56. The molecule has 0 unspecified atom stereocenters. The number of nitrogens with one attached hydrogen (secondary N) is 1. The summed E-state index contributed by atoms with van der Waals surface area (Å²) in [4.78, 5) is 2.16. The number of hydrogen-bond donors (Lipinski definition) is 2. The molecule has 1 aromatic rings. The normalized spacial score (nSPS) is 20.1. The van der Waals surface area contributed by atoms with Gasteiger partial charge in [-0.3, -0.25) is 4.68 Å². The van der Waals surface area contributed by atoms with Gasteiger partial charge in [0.15, 0.2) is 0 Å². The number of anilines is 1. The maximum atomic E-state index is 11.2. The Bertz CT molecular complexity index is 456. The smallest absolute Gasteiger partial charge is 0.238 e. The maximum absolute atomic E-state index is 11.2. The Labute approximate surface area is 114 Å². The van der Waals surface area contributed by atoms with Gasteiger partial charge < -0.3 is 4.90 Å². The second-order valence-electron chi connectivity index (χ2n) is 4.30. The molecular formula is C9H18ClN5O2S. The van der Waals surface area contributed by atoms with E-state index in [2.05, 4.69) is 15.4 Å². The number of nitrogens with zero attached hydrogens (tertiary/aromatic N) is 4. The van der Waals surface area contributed by atoms with Crippen LogP contribution in [0.4, 0.5) is 5.69 Å². The van der Waals surface area contributed by atoms with Crippen LogP contribution in [0.3, 0.4) is 0 Å². The molecule has 9 heteroatoms. The van der Waals surface area contributed by atoms with Crippen molar-refractivity contribution in [2.24, 2.45) is 7.05 Å². The van der Waals surface area contributed by atoms with Crippen LogP contribution in [-0.4, -0.2) is 49.3 Å². The molecule has 0 amide bonds. The average molecular weight is 296 g/mol. The number of rotatable bonds is 4. The SMILES string of the molecule is CN1CC[C@@H](NN(c2cnn(C)c2)[SH](=O)=O)C1.Cl. The van der Waals surface area contributed by atoms with Crippen molar-refractivity contribution in [2.75, 3.05) is 24.6 Å². The fourth-order valence-corrected chi connectivity index (χ4v) is 2.50. The number of likely N-dealkylation sites (tertiary alicyclic amines) is 1. The number of likely N-dealkylation sites (N-methyl/N-ethyl adjacent to an activating group) is 1. The molecule has 0 aliphatic carbocycles. The largest absolute Gasteiger partial charge is 0.305 e. The summed E-state index contributed by atoms with van der Waals surface area (Å²) in [6.07, 6.45) is 4.13. The predicted molar refractivity (Wildman–Crippen MR) is 72.3 cm³/mol. The van der Waals surface area contributed by atoms with Crippen molar-refractivity contribution in [3.8, 4) is 0 Å². The van der Waals surface area contributed by atoms with Crippen LogP contribution in [0.25, 0.3) is 0 Å². The maximum Gasteiger partial charge on any atom is 0.238 e. The van der Waals surface area contributed by atoms with Gasteiger partial charge in [0.1, 0.15) is 5.69 Å². The minimum Gasteiger partial charge on any atom is -0.305 e. The lowest BCUT2D eigenvalue weighted by molar-refractivity contribution is 0.400. The Balaban J connectivity index is 0.00000162. The van der Waals surface area contributed by atoms with Crippen molar-refractivity contribution < 1.29 is 8.42 Å². The molecule has 2 rings (SSSR count). The standard InChI is InChI=1S/C9H17N5O2S.ClH/c1-12-4-3-8(6-12)11-14(17(15)16)9-5-10-13(2)7-9;/h5,7-8,11,17H,3-4,6H2,1-2H3;1H/t8-;/m1./s1. The van der Waals surface area contributed by atoms with E-state index in [4.69, 9.17) is 0 Å². The highest BCUT2D eigenvalue weighted by Gasteiger charge is 2.23. The summed E-state index contributed by atoms with van der Waals surface area (Å²) in [6.45, 7) is 1.83. The van der Waals surface area contributed by atoms with E-state index in [-0.39, 0.29) is 18.4 Å². The Hall–Kier alpha value is -0.830. The van der Waals surface area contributed by atoms with Crippen LogP contribution in [0.15, 0.2) is 12.4 Å². The van der Waals surface area contributed by atoms with Gasteiger partial charge in [-0.2, -0.15) is 5.10 Å². The molecule has 104 valence electrons. The van der Waals surface area contributed by atoms with Crippen molar-refractivity contribution >= 4 is 29.0 Å². The zero-order chi connectivity index (χ0) is 12.4. The molecular weight excluding hydrogens is 278 g/mol. The molecule has 1 atom stereocenters. The monoisotopic (exact) mass is 295 g/mol. The number of thiol groups is 1. The van der Waals surface area contributed by atoms with Crippen molar-refractivity contribution in [3.63, 3.8) is 0 Å². The number of aryl methyl sites for hydroxylation is 1. The lowest BCUT2D eigenvalue weighted by Gasteiger charge is -2.21. The van der Waals surface area contributed by atoms with E-state index >= 15 is 0 Å². The molecule has 1 aromatic heterocycles. The van der Waals surface area contributed by atoms with E-state index in [1.807, 2.05) is 7.05 Å². The van der Waals surface area contributed by atoms with Crippen molar-refractivity contribution in [1.29, 1.82) is 0 Å². The van der Waals surface area contributed by atoms with E-state index in [1.165, 1.54) is 10.6 Å². The highest BCUT2D eigenvalue weighted by Crippen LogP contribution is 2.13. The van der Waals surface area contributed by atoms with E-state index in [0.29, 0.717) is 5.69 Å². The molecule has 1 aliphatic heterocycles. The number of hydrogen-bond acceptors (Lipinski definition) is 5. The molecule has 0 aromatic carbocycles. The third-order valence-corrected chi connectivity index (χ3v) is 3.47. The van der Waals surface area contributed by atoms with E-state index in [9.17, 15) is 8.42 Å². The Morgan fingerprint density at radius 2 is 2.22 bits per heavy atom. The molecule has 7 nitrogen and oxygen atoms in total. The minimum atomic E-state index is -2.71. The van der Waals surface area contributed by atoms with Gasteiger partial charge in [-0.05, 0) is 20.0 Å². The molecule has 0 spiro atoms. The second-order valence-corrected chi connectivity index (χ2v) is 5.17. The van der Waals surface area contributed by atoms with Gasteiger partial charge in [-0.15, -0.1) is 12.4 Å². The third kappa shape index (κ3) is 3.58. The molecule has 1 fully saturated rings. The summed E-state index contributed by atoms with van der Waals surface area (Å²) in [7, 11) is 1.07. The van der Waals surface area contributed by atoms with Crippen LogP contribution in [-0.2, 0) is 17.9 Å². The van der Waals surface area contributed by atoms with Gasteiger partial charge in [-0.25, -0.2) is 18.3 Å². The van der Waals surface area contributed by atoms with Crippen molar-refractivity contribution in [1.82, 2.24) is 20.1 Å². The van der Waals surface area contributed by atoms with E-state index < -0.39 is 10.9 Å². The van der Waals surface area contributed by atoms with Crippen LogP contribution in [0.5, 0.6) is 0 Å². The Kier molecular flexibility index (Phi) is 5.39. The summed E-state index contributed by atoms with van der Waals surface area (Å²) in [5, 5.41) is 3.97. The predicted octanol–water partition coefficient (Wildman–Crippen LogP) is -0.617. The van der Waals surface area contributed by atoms with Crippen molar-refractivity contribution in [2.45, 2.75) is 12.5 Å². The summed E-state index contributed by atoms with van der Waals surface area (Å²) >= 11 is 0. The van der Waals surface area contributed by atoms with Gasteiger partial charge in [0.05, 0.1) is 12.4 Å². The third-order valence-electron chi connectivity index (χ3n) is 2.80. The zero-order valence-electron chi connectivity index (χ0n) is 10.3. The quantitative estimate of drug-likeness (QED) is 0.572. The molecule has 2 heterocycles. The highest BCUT2D eigenvalue weighted by molar-refractivity contribution is 7.73. The van der Waals surface area contributed by atoms with Crippen LogP contribution >= 0.6 is 12.4 Å². The first-order valence-electron chi connectivity index (χ1n) is 5.44. The average Bonchev–Trinajstić information content (AvgIpc) is 2.83. The van der Waals surface area contributed by atoms with E-state index in [0.717, 1.165) is 19.5 Å². The first kappa shape index (κ1) is 15.2. The van der Waals surface area contributed by atoms with Gasteiger partial charge in [0, 0.05) is 19.6 Å². The zero-order valence-corrected chi connectivity index (χ0v) is 12.0. The van der Waals surface area contributed by atoms with Crippen LogP contribution < -0.4 is 9.84 Å². The molecule has 1 N–H and O–H groups in total. The minimum absolute atomic E-state index is 0. The lowest BCUT2D eigenvalue weighted by Crippen LogP contribution is -2.45. The van der Waals surface area contributed by atoms with Gasteiger partial charge in [0.25, 0.3) is 0 Å². The first-order chi connectivity index (χ1) is 8.06. The lowest BCUT2D eigenvalue weighted by atomic mass is 10.3. The van der Waals surface area contributed by atoms with Crippen LogP contribution in [0, 0.1) is 0 Å². The van der Waals surface area contributed by atoms with E-state index in [1.54, 1.807) is 17.9 Å². The van der Waals surface area contributed by atoms with Crippen LogP contribution in [0.1, 0.15) is 6.42 Å². The molecule has 1 saturated heterocycles. The number of halogens is 1. The van der Waals surface area contributed by atoms with Gasteiger partial charge >= 0.3 is 0 Å². The molecule has 18 heavy (non-hydrogen) atoms. The fraction of sp³-hybridized carbons (Fsp3) is 0.667. The molecule has 1 aliphatic rings. The fourth-order valence-electron chi connectivity index (χ4n) is 1.95. The number of aromatic nitrogens is 2. The Morgan fingerprint density at radius 1 is 1.50 bits per heavy atom. The topological polar surface area (TPSA) is 70.5 Å². The van der Waals surface area contributed by atoms with Crippen LogP contribution in [0.2, 0.25) is 0 Å². The molecule has 0 saturated carbocycles. The van der Waals surface area contributed by atoms with Gasteiger partial charge in [0.2, 0.25) is 10.9 Å². The Morgan fingerprint density at radius 3 is 2.67 bits per heavy atom. The first-order valence-corrected chi connectivity index (χ1v) is 6.57. The summed E-state index contributed by atoms with van der Waals surface area (Å²) in [6, 6.07) is 0.160.